The Morgan fingerprint density at radius 1 is 1.12 bits per heavy atom. The predicted molar refractivity (Wildman–Crippen MR) is 103 cm³/mol. The molecule has 2 rings (SSSR count). The molecule has 24 heavy (non-hydrogen) atoms. The van der Waals surface area contributed by atoms with Crippen molar-refractivity contribution < 1.29 is 9.31 Å². The first-order valence-corrected chi connectivity index (χ1v) is 8.47. The second-order valence-electron chi connectivity index (χ2n) is 7.33. The van der Waals surface area contributed by atoms with Gasteiger partial charge in [-0.1, -0.05) is 12.1 Å². The van der Waals surface area contributed by atoms with Crippen LogP contribution in [0.15, 0.2) is 34.6 Å². The summed E-state index contributed by atoms with van der Waals surface area (Å²) in [4.78, 5) is 4.33. The molecule has 0 saturated carbocycles. The van der Waals surface area contributed by atoms with E-state index in [2.05, 4.69) is 57.1 Å². The van der Waals surface area contributed by atoms with Crippen LogP contribution >= 0.6 is 0 Å². The second-order valence-corrected chi connectivity index (χ2v) is 7.33. The molecule has 1 heterocycles. The third kappa shape index (κ3) is 3.57. The van der Waals surface area contributed by atoms with Crippen LogP contribution in [0, 0.1) is 6.92 Å². The Morgan fingerprint density at radius 2 is 1.71 bits per heavy atom. The van der Waals surface area contributed by atoms with Crippen LogP contribution in [0.2, 0.25) is 0 Å². The molecule has 5 heteroatoms. The molecule has 4 nitrogen and oxygen atoms in total. The average molecular weight is 328 g/mol. The van der Waals surface area contributed by atoms with Gasteiger partial charge in [-0.05, 0) is 72.5 Å². The molecule has 0 amide bonds. The van der Waals surface area contributed by atoms with E-state index in [1.54, 1.807) is 6.21 Å². The summed E-state index contributed by atoms with van der Waals surface area (Å²) in [7, 11) is -0.351. The number of nitrogens with one attached hydrogen (secondary N) is 1. The molecule has 0 aliphatic carbocycles. The van der Waals surface area contributed by atoms with Gasteiger partial charge in [-0.25, -0.2) is 0 Å². The minimum Gasteiger partial charge on any atom is -0.399 e. The first-order chi connectivity index (χ1) is 11.1. The predicted octanol–water partition coefficient (Wildman–Crippen LogP) is 4.05. The normalized spacial score (nSPS) is 20.4. The summed E-state index contributed by atoms with van der Waals surface area (Å²) in [6.45, 7) is 16.3. The van der Waals surface area contributed by atoms with Crippen LogP contribution in [0.3, 0.4) is 0 Å². The molecule has 0 spiro atoms. The van der Waals surface area contributed by atoms with Crippen molar-refractivity contribution in [2.24, 2.45) is 4.99 Å². The third-order valence-corrected chi connectivity index (χ3v) is 5.07. The van der Waals surface area contributed by atoms with Crippen molar-refractivity contribution in [3.63, 3.8) is 0 Å². The zero-order valence-electron chi connectivity index (χ0n) is 16.2. The fraction of sp³-hybridized carbons (Fsp3) is 0.526. The smallest absolute Gasteiger partial charge is 0.399 e. The minimum absolute atomic E-state index is 0.338. The molecule has 1 fully saturated rings. The summed E-state index contributed by atoms with van der Waals surface area (Å²) in [5.41, 5.74) is 4.56. The molecular weight excluding hydrogens is 299 g/mol. The van der Waals surface area contributed by atoms with Crippen LogP contribution in [-0.4, -0.2) is 24.5 Å². The molecule has 1 aromatic rings. The molecule has 1 aliphatic rings. The number of rotatable bonds is 4. The van der Waals surface area contributed by atoms with Crippen LogP contribution in [-0.2, 0) is 9.31 Å². The molecule has 1 aromatic carbocycles. The second kappa shape index (κ2) is 6.73. The Hall–Kier alpha value is -1.59. The van der Waals surface area contributed by atoms with E-state index in [0.29, 0.717) is 0 Å². The first-order valence-electron chi connectivity index (χ1n) is 8.47. The SMILES string of the molecule is CC=N/C(C)=C(/C)Nc1cccc(B2OC(C)(C)C(C)(C)O2)c1C. The lowest BCUT2D eigenvalue weighted by Crippen LogP contribution is -2.41. The number of hydrogen-bond acceptors (Lipinski definition) is 4. The van der Waals surface area contributed by atoms with E-state index < -0.39 is 0 Å². The highest BCUT2D eigenvalue weighted by atomic mass is 16.7. The molecule has 0 aromatic heterocycles. The van der Waals surface area contributed by atoms with Gasteiger partial charge in [-0.3, -0.25) is 4.99 Å². The highest BCUT2D eigenvalue weighted by molar-refractivity contribution is 6.62. The number of aliphatic imine (C=N–C) groups is 1. The fourth-order valence-corrected chi connectivity index (χ4v) is 2.60. The summed E-state index contributed by atoms with van der Waals surface area (Å²) >= 11 is 0. The molecule has 0 unspecified atom stereocenters. The number of anilines is 1. The van der Waals surface area contributed by atoms with Gasteiger partial charge in [0.1, 0.15) is 0 Å². The lowest BCUT2D eigenvalue weighted by Gasteiger charge is -2.32. The lowest BCUT2D eigenvalue weighted by atomic mass is 9.76. The largest absolute Gasteiger partial charge is 0.495 e. The number of hydrogen-bond donors (Lipinski definition) is 1. The van der Waals surface area contributed by atoms with E-state index in [1.807, 2.05) is 26.8 Å². The fourth-order valence-electron chi connectivity index (χ4n) is 2.60. The maximum absolute atomic E-state index is 6.19. The first kappa shape index (κ1) is 18.7. The van der Waals surface area contributed by atoms with Crippen LogP contribution in [0.25, 0.3) is 0 Å². The molecule has 0 bridgehead atoms. The summed E-state index contributed by atoms with van der Waals surface area (Å²) in [6.07, 6.45) is 1.80. The van der Waals surface area contributed by atoms with Crippen LogP contribution in [0.4, 0.5) is 5.69 Å². The highest BCUT2D eigenvalue weighted by Crippen LogP contribution is 2.37. The van der Waals surface area contributed by atoms with E-state index in [4.69, 9.17) is 9.31 Å². The number of nitrogens with zero attached hydrogens (tertiary/aromatic N) is 1. The molecule has 0 atom stereocenters. The average Bonchev–Trinajstić information content (AvgIpc) is 2.69. The topological polar surface area (TPSA) is 42.9 Å². The van der Waals surface area contributed by atoms with Gasteiger partial charge >= 0.3 is 7.12 Å². The Kier molecular flexibility index (Phi) is 5.26. The number of benzene rings is 1. The van der Waals surface area contributed by atoms with Crippen molar-refractivity contribution in [3.8, 4) is 0 Å². The molecule has 130 valence electrons. The molecule has 1 aliphatic heterocycles. The quantitative estimate of drug-likeness (QED) is 0.670. The maximum Gasteiger partial charge on any atom is 0.495 e. The van der Waals surface area contributed by atoms with Gasteiger partial charge in [0.2, 0.25) is 0 Å². The van der Waals surface area contributed by atoms with Gasteiger partial charge in [-0.2, -0.15) is 0 Å². The van der Waals surface area contributed by atoms with Crippen LogP contribution in [0.1, 0.15) is 54.0 Å². The Bertz CT molecular complexity index is 662. The summed E-state index contributed by atoms with van der Waals surface area (Å²) in [5, 5.41) is 3.45. The van der Waals surface area contributed by atoms with Crippen molar-refractivity contribution in [1.82, 2.24) is 0 Å². The zero-order chi connectivity index (χ0) is 18.1. The van der Waals surface area contributed by atoms with Crippen LogP contribution < -0.4 is 10.8 Å². The van der Waals surface area contributed by atoms with Gasteiger partial charge in [-0.15, -0.1) is 0 Å². The standard InChI is InChI=1S/C19H29BN2O2/c1-9-21-14(3)15(4)22-17-12-10-11-16(13(17)2)20-23-18(5,6)19(7,8)24-20/h9-12,22H,1-8H3/b15-14-,21-9?. The van der Waals surface area contributed by atoms with Crippen molar-refractivity contribution in [2.75, 3.05) is 5.32 Å². The zero-order valence-corrected chi connectivity index (χ0v) is 16.2. The van der Waals surface area contributed by atoms with E-state index >= 15 is 0 Å². The van der Waals surface area contributed by atoms with E-state index in [1.165, 1.54) is 0 Å². The minimum atomic E-state index is -0.351. The summed E-state index contributed by atoms with van der Waals surface area (Å²) < 4.78 is 12.4. The van der Waals surface area contributed by atoms with E-state index in [9.17, 15) is 0 Å². The Balaban J connectivity index is 2.32. The van der Waals surface area contributed by atoms with Gasteiger partial charge < -0.3 is 14.6 Å². The summed E-state index contributed by atoms with van der Waals surface area (Å²) in [5.74, 6) is 0. The van der Waals surface area contributed by atoms with Gasteiger partial charge in [0.05, 0.1) is 16.9 Å². The lowest BCUT2D eigenvalue weighted by molar-refractivity contribution is 0.00578. The monoisotopic (exact) mass is 328 g/mol. The van der Waals surface area contributed by atoms with Gasteiger partial charge in [0, 0.05) is 17.6 Å². The van der Waals surface area contributed by atoms with Crippen molar-refractivity contribution in [1.29, 1.82) is 0 Å². The molecule has 1 saturated heterocycles. The Labute approximate surface area is 146 Å². The third-order valence-electron chi connectivity index (χ3n) is 5.07. The van der Waals surface area contributed by atoms with Crippen molar-refractivity contribution in [3.05, 3.63) is 35.2 Å². The number of allylic oxidation sites excluding steroid dienone is 2. The van der Waals surface area contributed by atoms with Gasteiger partial charge in [0.25, 0.3) is 0 Å². The van der Waals surface area contributed by atoms with Gasteiger partial charge in [0.15, 0.2) is 0 Å². The summed E-state index contributed by atoms with van der Waals surface area (Å²) in [6, 6.07) is 6.16. The molecular formula is C19H29BN2O2. The van der Waals surface area contributed by atoms with E-state index in [-0.39, 0.29) is 18.3 Å². The molecule has 1 N–H and O–H groups in total. The maximum atomic E-state index is 6.19. The molecule has 0 radical (unpaired) electrons. The van der Waals surface area contributed by atoms with Crippen molar-refractivity contribution in [2.45, 2.75) is 66.6 Å². The highest BCUT2D eigenvalue weighted by Gasteiger charge is 2.52. The Morgan fingerprint density at radius 3 is 2.25 bits per heavy atom. The van der Waals surface area contributed by atoms with Crippen LogP contribution in [0.5, 0.6) is 0 Å². The van der Waals surface area contributed by atoms with E-state index in [0.717, 1.165) is 28.1 Å². The van der Waals surface area contributed by atoms with Crippen molar-refractivity contribution >= 4 is 24.5 Å².